The predicted molar refractivity (Wildman–Crippen MR) is 51.1 cm³/mol. The van der Waals surface area contributed by atoms with Crippen LogP contribution in [0, 0.1) is 0 Å². The second-order valence-electron chi connectivity index (χ2n) is 3.64. The molecule has 1 aliphatic heterocycles. The molecule has 2 heteroatoms. The van der Waals surface area contributed by atoms with E-state index in [0.29, 0.717) is 0 Å². The SMILES string of the molecule is CCOC1(C)CCCCN1CC. The second kappa shape index (κ2) is 4.24. The highest BCUT2D eigenvalue weighted by molar-refractivity contribution is 4.80. The van der Waals surface area contributed by atoms with Crippen LogP contribution in [-0.4, -0.2) is 30.3 Å². The minimum Gasteiger partial charge on any atom is -0.361 e. The maximum atomic E-state index is 5.80. The van der Waals surface area contributed by atoms with Gasteiger partial charge in [0.2, 0.25) is 0 Å². The minimum absolute atomic E-state index is 0.0295. The maximum absolute atomic E-state index is 5.80. The van der Waals surface area contributed by atoms with E-state index in [2.05, 4.69) is 25.7 Å². The summed E-state index contributed by atoms with van der Waals surface area (Å²) < 4.78 is 5.80. The molecule has 1 aliphatic rings. The van der Waals surface area contributed by atoms with Gasteiger partial charge in [-0.2, -0.15) is 0 Å². The summed E-state index contributed by atoms with van der Waals surface area (Å²) in [6, 6.07) is 0. The van der Waals surface area contributed by atoms with Gasteiger partial charge < -0.3 is 4.74 Å². The summed E-state index contributed by atoms with van der Waals surface area (Å²) in [6.45, 7) is 9.64. The van der Waals surface area contributed by atoms with Crippen LogP contribution in [-0.2, 0) is 4.74 Å². The van der Waals surface area contributed by atoms with Crippen LogP contribution in [0.3, 0.4) is 0 Å². The van der Waals surface area contributed by atoms with Crippen molar-refractivity contribution in [2.24, 2.45) is 0 Å². The molecule has 72 valence electrons. The Bertz CT molecular complexity index is 134. The van der Waals surface area contributed by atoms with Gasteiger partial charge in [0, 0.05) is 13.2 Å². The van der Waals surface area contributed by atoms with E-state index in [1.54, 1.807) is 0 Å². The molecule has 0 aromatic carbocycles. The monoisotopic (exact) mass is 171 g/mol. The van der Waals surface area contributed by atoms with Crippen molar-refractivity contribution in [2.75, 3.05) is 19.7 Å². The number of ether oxygens (including phenoxy) is 1. The molecule has 1 heterocycles. The number of rotatable bonds is 3. The minimum atomic E-state index is 0.0295. The smallest absolute Gasteiger partial charge is 0.118 e. The van der Waals surface area contributed by atoms with E-state index in [-0.39, 0.29) is 5.72 Å². The van der Waals surface area contributed by atoms with Crippen molar-refractivity contribution in [3.05, 3.63) is 0 Å². The highest BCUT2D eigenvalue weighted by Gasteiger charge is 2.33. The van der Waals surface area contributed by atoms with Gasteiger partial charge in [0.1, 0.15) is 5.72 Å². The van der Waals surface area contributed by atoms with Crippen molar-refractivity contribution in [1.82, 2.24) is 4.90 Å². The van der Waals surface area contributed by atoms with Crippen LogP contribution in [0.2, 0.25) is 0 Å². The molecule has 0 spiro atoms. The van der Waals surface area contributed by atoms with E-state index in [4.69, 9.17) is 4.74 Å². The van der Waals surface area contributed by atoms with Gasteiger partial charge >= 0.3 is 0 Å². The number of piperidine rings is 1. The van der Waals surface area contributed by atoms with E-state index in [1.807, 2.05) is 0 Å². The first-order chi connectivity index (χ1) is 5.73. The molecular weight excluding hydrogens is 150 g/mol. The summed E-state index contributed by atoms with van der Waals surface area (Å²) >= 11 is 0. The molecule has 0 radical (unpaired) electrons. The third kappa shape index (κ3) is 1.99. The highest BCUT2D eigenvalue weighted by atomic mass is 16.5. The molecule has 12 heavy (non-hydrogen) atoms. The molecule has 1 saturated heterocycles. The van der Waals surface area contributed by atoms with Crippen LogP contribution in [0.4, 0.5) is 0 Å². The lowest BCUT2D eigenvalue weighted by Gasteiger charge is -2.43. The van der Waals surface area contributed by atoms with Crippen molar-refractivity contribution >= 4 is 0 Å². The van der Waals surface area contributed by atoms with Crippen LogP contribution in [0.5, 0.6) is 0 Å². The van der Waals surface area contributed by atoms with Gasteiger partial charge in [-0.25, -0.2) is 0 Å². The number of nitrogens with zero attached hydrogens (tertiary/aromatic N) is 1. The van der Waals surface area contributed by atoms with Gasteiger partial charge in [0.05, 0.1) is 0 Å². The van der Waals surface area contributed by atoms with Crippen molar-refractivity contribution < 1.29 is 4.74 Å². The Kier molecular flexibility index (Phi) is 3.53. The lowest BCUT2D eigenvalue weighted by molar-refractivity contribution is -0.158. The average molecular weight is 171 g/mol. The highest BCUT2D eigenvalue weighted by Crippen LogP contribution is 2.28. The van der Waals surface area contributed by atoms with E-state index in [0.717, 1.165) is 13.2 Å². The Morgan fingerprint density at radius 3 is 2.67 bits per heavy atom. The summed E-state index contributed by atoms with van der Waals surface area (Å²) in [5, 5.41) is 0. The zero-order chi connectivity index (χ0) is 9.03. The van der Waals surface area contributed by atoms with Gasteiger partial charge in [-0.05, 0) is 39.7 Å². The van der Waals surface area contributed by atoms with Crippen molar-refractivity contribution in [3.8, 4) is 0 Å². The summed E-state index contributed by atoms with van der Waals surface area (Å²) in [5.74, 6) is 0. The van der Waals surface area contributed by atoms with E-state index in [9.17, 15) is 0 Å². The Labute approximate surface area is 75.9 Å². The van der Waals surface area contributed by atoms with Gasteiger partial charge in [0.25, 0.3) is 0 Å². The molecule has 0 bridgehead atoms. The molecule has 1 unspecified atom stereocenters. The first-order valence-electron chi connectivity index (χ1n) is 5.12. The lowest BCUT2D eigenvalue weighted by Crippen LogP contribution is -2.51. The van der Waals surface area contributed by atoms with Crippen LogP contribution >= 0.6 is 0 Å². The quantitative estimate of drug-likeness (QED) is 0.645. The van der Waals surface area contributed by atoms with Crippen molar-refractivity contribution in [2.45, 2.75) is 45.8 Å². The summed E-state index contributed by atoms with van der Waals surface area (Å²) in [4.78, 5) is 2.44. The molecule has 1 atom stereocenters. The predicted octanol–water partition coefficient (Wildman–Crippen LogP) is 2.24. The third-order valence-corrected chi connectivity index (χ3v) is 2.82. The van der Waals surface area contributed by atoms with Gasteiger partial charge in [-0.3, -0.25) is 4.90 Å². The topological polar surface area (TPSA) is 12.5 Å². The van der Waals surface area contributed by atoms with E-state index < -0.39 is 0 Å². The molecule has 0 amide bonds. The fraction of sp³-hybridized carbons (Fsp3) is 1.00. The number of hydrogen-bond donors (Lipinski definition) is 0. The summed E-state index contributed by atoms with van der Waals surface area (Å²) in [5.41, 5.74) is 0.0295. The molecule has 0 aliphatic carbocycles. The zero-order valence-electron chi connectivity index (χ0n) is 8.60. The molecule has 0 aromatic rings. The van der Waals surface area contributed by atoms with Crippen molar-refractivity contribution in [1.29, 1.82) is 0 Å². The first-order valence-corrected chi connectivity index (χ1v) is 5.12. The van der Waals surface area contributed by atoms with Crippen LogP contribution in [0.25, 0.3) is 0 Å². The van der Waals surface area contributed by atoms with Gasteiger partial charge in [0.15, 0.2) is 0 Å². The van der Waals surface area contributed by atoms with E-state index >= 15 is 0 Å². The van der Waals surface area contributed by atoms with Crippen LogP contribution < -0.4 is 0 Å². The van der Waals surface area contributed by atoms with Crippen LogP contribution in [0.1, 0.15) is 40.0 Å². The maximum Gasteiger partial charge on any atom is 0.118 e. The molecule has 1 fully saturated rings. The summed E-state index contributed by atoms with van der Waals surface area (Å²) in [6.07, 6.45) is 3.83. The molecule has 0 saturated carbocycles. The molecule has 0 aromatic heterocycles. The average Bonchev–Trinajstić information content (AvgIpc) is 2.05. The van der Waals surface area contributed by atoms with Gasteiger partial charge in [-0.1, -0.05) is 6.92 Å². The molecular formula is C10H21NO. The zero-order valence-corrected chi connectivity index (χ0v) is 8.60. The lowest BCUT2D eigenvalue weighted by atomic mass is 10.00. The van der Waals surface area contributed by atoms with Crippen molar-refractivity contribution in [3.63, 3.8) is 0 Å². The Hall–Kier alpha value is -0.0800. The fourth-order valence-corrected chi connectivity index (χ4v) is 2.12. The first kappa shape index (κ1) is 10.0. The molecule has 2 nitrogen and oxygen atoms in total. The van der Waals surface area contributed by atoms with Crippen LogP contribution in [0.15, 0.2) is 0 Å². The number of likely N-dealkylation sites (tertiary alicyclic amines) is 1. The summed E-state index contributed by atoms with van der Waals surface area (Å²) in [7, 11) is 0. The normalized spacial score (nSPS) is 32.2. The number of hydrogen-bond acceptors (Lipinski definition) is 2. The fourth-order valence-electron chi connectivity index (χ4n) is 2.12. The second-order valence-corrected chi connectivity index (χ2v) is 3.64. The van der Waals surface area contributed by atoms with E-state index in [1.165, 1.54) is 25.8 Å². The molecule has 1 rings (SSSR count). The molecule has 0 N–H and O–H groups in total. The standard InChI is InChI=1S/C10H21NO/c1-4-11-9-7-6-8-10(11,3)12-5-2/h4-9H2,1-3H3. The Morgan fingerprint density at radius 2 is 2.08 bits per heavy atom. The van der Waals surface area contributed by atoms with Gasteiger partial charge in [-0.15, -0.1) is 0 Å². The largest absolute Gasteiger partial charge is 0.361 e. The Morgan fingerprint density at radius 1 is 1.33 bits per heavy atom. The third-order valence-electron chi connectivity index (χ3n) is 2.82. The Balaban J connectivity index is 2.55.